The summed E-state index contributed by atoms with van der Waals surface area (Å²) in [5.41, 5.74) is 4.69. The number of nitrogens with zero attached hydrogens (tertiary/aromatic N) is 1. The van der Waals surface area contributed by atoms with Crippen LogP contribution in [0.3, 0.4) is 0 Å². The molecular weight excluding hydrogens is 208 g/mol. The summed E-state index contributed by atoms with van der Waals surface area (Å²) >= 11 is 0. The Balaban J connectivity index is 2.68. The SMILES string of the molecule is CN1CCC(C(=O)NC(N)=O)C(F)(F)C1. The molecule has 15 heavy (non-hydrogen) atoms. The van der Waals surface area contributed by atoms with Gasteiger partial charge in [0, 0.05) is 0 Å². The van der Waals surface area contributed by atoms with Crippen LogP contribution in [0, 0.1) is 5.92 Å². The number of primary amides is 1. The first-order valence-corrected chi connectivity index (χ1v) is 4.49. The molecule has 3 N–H and O–H groups in total. The highest BCUT2D eigenvalue weighted by Gasteiger charge is 2.47. The average molecular weight is 221 g/mol. The molecule has 5 nitrogen and oxygen atoms in total. The number of hydrogen-bond acceptors (Lipinski definition) is 3. The van der Waals surface area contributed by atoms with E-state index < -0.39 is 30.3 Å². The molecular formula is C8H13F2N3O2. The third-order valence-electron chi connectivity index (χ3n) is 2.35. The van der Waals surface area contributed by atoms with Crippen molar-refractivity contribution in [2.24, 2.45) is 11.7 Å². The minimum atomic E-state index is -3.12. The highest BCUT2D eigenvalue weighted by molar-refractivity contribution is 5.95. The molecule has 1 unspecified atom stereocenters. The normalized spacial score (nSPS) is 25.9. The number of nitrogens with two attached hydrogens (primary N) is 1. The van der Waals surface area contributed by atoms with Gasteiger partial charge in [-0.05, 0) is 20.0 Å². The van der Waals surface area contributed by atoms with Gasteiger partial charge in [-0.25, -0.2) is 13.6 Å². The van der Waals surface area contributed by atoms with E-state index in [1.165, 1.54) is 4.90 Å². The van der Waals surface area contributed by atoms with E-state index in [-0.39, 0.29) is 6.42 Å². The molecule has 0 aliphatic carbocycles. The van der Waals surface area contributed by atoms with Crippen LogP contribution < -0.4 is 11.1 Å². The molecule has 0 radical (unpaired) electrons. The number of halogens is 2. The van der Waals surface area contributed by atoms with Gasteiger partial charge < -0.3 is 10.6 Å². The molecule has 3 amide bonds. The van der Waals surface area contributed by atoms with Crippen LogP contribution in [0.15, 0.2) is 0 Å². The molecule has 0 aromatic heterocycles. The number of amides is 3. The summed E-state index contributed by atoms with van der Waals surface area (Å²) < 4.78 is 26.7. The number of likely N-dealkylation sites (tertiary alicyclic amines) is 1. The van der Waals surface area contributed by atoms with E-state index in [2.05, 4.69) is 5.73 Å². The van der Waals surface area contributed by atoms with Crippen LogP contribution in [0.2, 0.25) is 0 Å². The lowest BCUT2D eigenvalue weighted by Gasteiger charge is -2.35. The zero-order chi connectivity index (χ0) is 11.6. The minimum Gasteiger partial charge on any atom is -0.351 e. The van der Waals surface area contributed by atoms with Crippen molar-refractivity contribution in [3.63, 3.8) is 0 Å². The standard InChI is InChI=1S/C8H13F2N3O2/c1-13-3-2-5(8(9,10)4-13)6(14)12-7(11)15/h5H,2-4H2,1H3,(H3,11,12,14,15). The van der Waals surface area contributed by atoms with E-state index in [9.17, 15) is 18.4 Å². The Morgan fingerprint density at radius 1 is 1.53 bits per heavy atom. The molecule has 1 atom stereocenters. The van der Waals surface area contributed by atoms with E-state index in [0.717, 1.165) is 0 Å². The third-order valence-corrected chi connectivity index (χ3v) is 2.35. The molecule has 0 saturated carbocycles. The molecule has 1 heterocycles. The molecule has 1 rings (SSSR count). The van der Waals surface area contributed by atoms with Crippen molar-refractivity contribution in [1.29, 1.82) is 0 Å². The van der Waals surface area contributed by atoms with Gasteiger partial charge in [0.25, 0.3) is 5.92 Å². The number of carbonyl (C=O) groups excluding carboxylic acids is 2. The highest BCUT2D eigenvalue weighted by atomic mass is 19.3. The van der Waals surface area contributed by atoms with Gasteiger partial charge in [0.05, 0.1) is 6.54 Å². The molecule has 86 valence electrons. The number of carbonyl (C=O) groups is 2. The minimum absolute atomic E-state index is 0.0165. The number of hydrogen-bond donors (Lipinski definition) is 2. The fraction of sp³-hybridized carbons (Fsp3) is 0.750. The summed E-state index contributed by atoms with van der Waals surface area (Å²) in [6.45, 7) is -0.0870. The zero-order valence-corrected chi connectivity index (χ0v) is 8.30. The van der Waals surface area contributed by atoms with Crippen molar-refractivity contribution < 1.29 is 18.4 Å². The van der Waals surface area contributed by atoms with Crippen molar-refractivity contribution in [1.82, 2.24) is 10.2 Å². The lowest BCUT2D eigenvalue weighted by molar-refractivity contribution is -0.148. The number of piperidine rings is 1. The fourth-order valence-corrected chi connectivity index (χ4v) is 1.64. The summed E-state index contributed by atoms with van der Waals surface area (Å²) in [4.78, 5) is 23.0. The zero-order valence-electron chi connectivity index (χ0n) is 8.30. The predicted octanol–water partition coefficient (Wildman–Crippen LogP) is -0.232. The predicted molar refractivity (Wildman–Crippen MR) is 48.3 cm³/mol. The summed E-state index contributed by atoms with van der Waals surface area (Å²) in [6.07, 6.45) is 0.0165. The molecule has 1 aliphatic rings. The summed E-state index contributed by atoms with van der Waals surface area (Å²) in [6, 6.07) is -1.10. The fourth-order valence-electron chi connectivity index (χ4n) is 1.64. The molecule has 0 bridgehead atoms. The maximum Gasteiger partial charge on any atom is 0.318 e. The number of urea groups is 1. The van der Waals surface area contributed by atoms with Gasteiger partial charge >= 0.3 is 6.03 Å². The maximum atomic E-state index is 13.4. The van der Waals surface area contributed by atoms with E-state index in [1.807, 2.05) is 0 Å². The number of rotatable bonds is 1. The Kier molecular flexibility index (Phi) is 3.23. The van der Waals surface area contributed by atoms with Crippen molar-refractivity contribution in [2.45, 2.75) is 12.3 Å². The van der Waals surface area contributed by atoms with Crippen LogP contribution in [0.5, 0.6) is 0 Å². The molecule has 1 saturated heterocycles. The van der Waals surface area contributed by atoms with Crippen LogP contribution in [0.1, 0.15) is 6.42 Å². The lowest BCUT2D eigenvalue weighted by Crippen LogP contribution is -2.53. The van der Waals surface area contributed by atoms with Gasteiger partial charge in [0.2, 0.25) is 5.91 Å². The Morgan fingerprint density at radius 3 is 2.60 bits per heavy atom. The highest BCUT2D eigenvalue weighted by Crippen LogP contribution is 2.32. The quantitative estimate of drug-likeness (QED) is 0.642. The van der Waals surface area contributed by atoms with Gasteiger partial charge in [-0.15, -0.1) is 0 Å². The Labute approximate surface area is 85.6 Å². The van der Waals surface area contributed by atoms with Gasteiger partial charge in [0.15, 0.2) is 0 Å². The Morgan fingerprint density at radius 2 is 2.13 bits per heavy atom. The largest absolute Gasteiger partial charge is 0.351 e. The van der Waals surface area contributed by atoms with Crippen LogP contribution in [-0.2, 0) is 4.79 Å². The summed E-state index contributed by atoms with van der Waals surface area (Å²) in [7, 11) is 1.55. The second-order valence-corrected chi connectivity index (χ2v) is 3.69. The van der Waals surface area contributed by atoms with Gasteiger partial charge in [-0.1, -0.05) is 0 Å². The average Bonchev–Trinajstić information content (AvgIpc) is 1.99. The van der Waals surface area contributed by atoms with Crippen LogP contribution >= 0.6 is 0 Å². The number of alkyl halides is 2. The summed E-state index contributed by atoms with van der Waals surface area (Å²) in [5, 5.41) is 1.68. The monoisotopic (exact) mass is 221 g/mol. The van der Waals surface area contributed by atoms with Gasteiger partial charge in [-0.2, -0.15) is 0 Å². The summed E-state index contributed by atoms with van der Waals surface area (Å²) in [5.74, 6) is -5.59. The molecule has 7 heteroatoms. The Bertz CT molecular complexity index is 283. The topological polar surface area (TPSA) is 75.4 Å². The van der Waals surface area contributed by atoms with E-state index in [1.54, 1.807) is 12.4 Å². The van der Waals surface area contributed by atoms with E-state index in [4.69, 9.17) is 0 Å². The maximum absolute atomic E-state index is 13.4. The smallest absolute Gasteiger partial charge is 0.318 e. The molecule has 1 aliphatic heterocycles. The van der Waals surface area contributed by atoms with Crippen LogP contribution in [0.25, 0.3) is 0 Å². The van der Waals surface area contributed by atoms with Crippen molar-refractivity contribution in [3.8, 4) is 0 Å². The first kappa shape index (κ1) is 11.8. The van der Waals surface area contributed by atoms with Gasteiger partial charge in [0.1, 0.15) is 5.92 Å². The van der Waals surface area contributed by atoms with Gasteiger partial charge in [-0.3, -0.25) is 10.1 Å². The molecule has 0 spiro atoms. The second kappa shape index (κ2) is 4.09. The van der Waals surface area contributed by atoms with Crippen LogP contribution in [-0.4, -0.2) is 42.9 Å². The second-order valence-electron chi connectivity index (χ2n) is 3.69. The number of imide groups is 1. The molecule has 1 fully saturated rings. The van der Waals surface area contributed by atoms with Crippen LogP contribution in [0.4, 0.5) is 13.6 Å². The van der Waals surface area contributed by atoms with Crippen molar-refractivity contribution >= 4 is 11.9 Å². The van der Waals surface area contributed by atoms with E-state index in [0.29, 0.717) is 6.54 Å². The Hall–Kier alpha value is -1.24. The lowest BCUT2D eigenvalue weighted by atomic mass is 9.92. The molecule has 0 aromatic rings. The molecule has 0 aromatic carbocycles. The first-order chi connectivity index (χ1) is 6.83. The first-order valence-electron chi connectivity index (χ1n) is 4.49. The van der Waals surface area contributed by atoms with E-state index >= 15 is 0 Å². The number of nitrogens with one attached hydrogen (secondary N) is 1. The third kappa shape index (κ3) is 2.85. The van der Waals surface area contributed by atoms with Crippen molar-refractivity contribution in [2.75, 3.05) is 20.1 Å². The van der Waals surface area contributed by atoms with Crippen molar-refractivity contribution in [3.05, 3.63) is 0 Å².